The summed E-state index contributed by atoms with van der Waals surface area (Å²) in [6.45, 7) is 13.1. The average molecular weight is 605 g/mol. The Kier molecular flexibility index (Phi) is 8.08. The van der Waals surface area contributed by atoms with Crippen LogP contribution in [0.4, 0.5) is 4.79 Å². The molecule has 4 rings (SSSR count). The summed E-state index contributed by atoms with van der Waals surface area (Å²) in [7, 11) is 0. The molecule has 0 radical (unpaired) electrons. The van der Waals surface area contributed by atoms with E-state index in [2.05, 4.69) is 31.5 Å². The number of amides is 2. The van der Waals surface area contributed by atoms with Gasteiger partial charge in [0.05, 0.1) is 4.47 Å². The van der Waals surface area contributed by atoms with Crippen LogP contribution in [0, 0.1) is 26.7 Å². The van der Waals surface area contributed by atoms with Gasteiger partial charge in [-0.15, -0.1) is 0 Å². The Labute approximate surface area is 237 Å². The molecule has 0 spiro atoms. The highest BCUT2D eigenvalue weighted by molar-refractivity contribution is 9.10. The molecule has 1 saturated carbocycles. The van der Waals surface area contributed by atoms with Crippen LogP contribution in [0.25, 0.3) is 0 Å². The van der Waals surface area contributed by atoms with Gasteiger partial charge < -0.3 is 29.8 Å². The molecule has 1 aromatic heterocycles. The van der Waals surface area contributed by atoms with Crippen molar-refractivity contribution in [3.8, 4) is 11.5 Å². The lowest BCUT2D eigenvalue weighted by Gasteiger charge is -2.37. The van der Waals surface area contributed by atoms with Crippen molar-refractivity contribution in [2.75, 3.05) is 0 Å². The van der Waals surface area contributed by atoms with Crippen LogP contribution >= 0.6 is 15.9 Å². The van der Waals surface area contributed by atoms with Crippen molar-refractivity contribution >= 4 is 27.9 Å². The maximum absolute atomic E-state index is 13.2. The summed E-state index contributed by atoms with van der Waals surface area (Å²) in [5.41, 5.74) is 2.50. The number of hydrogen-bond donors (Lipinski definition) is 3. The number of aryl methyl sites for hydroxylation is 2. The zero-order valence-corrected chi connectivity index (χ0v) is 25.3. The van der Waals surface area contributed by atoms with E-state index in [-0.39, 0.29) is 30.0 Å². The highest BCUT2D eigenvalue weighted by Gasteiger charge is 2.47. The number of benzene rings is 1. The number of hydrogen-bond acceptors (Lipinski definition) is 6. The van der Waals surface area contributed by atoms with Crippen molar-refractivity contribution in [2.45, 2.75) is 98.1 Å². The molecule has 1 atom stereocenters. The lowest BCUT2D eigenvalue weighted by atomic mass is 9.81. The van der Waals surface area contributed by atoms with Gasteiger partial charge in [0.2, 0.25) is 0 Å². The lowest BCUT2D eigenvalue weighted by molar-refractivity contribution is -0.121. The maximum Gasteiger partial charge on any atom is 0.407 e. The molecule has 2 aromatic rings. The van der Waals surface area contributed by atoms with E-state index in [1.54, 1.807) is 6.07 Å². The fourth-order valence-corrected chi connectivity index (χ4v) is 5.84. The van der Waals surface area contributed by atoms with E-state index >= 15 is 0 Å². The molecule has 10 heteroatoms. The van der Waals surface area contributed by atoms with Crippen LogP contribution in [0.2, 0.25) is 0 Å². The summed E-state index contributed by atoms with van der Waals surface area (Å²) in [4.78, 5) is 40.5. The topological polar surface area (TPSA) is 119 Å². The monoisotopic (exact) mass is 603 g/mol. The van der Waals surface area contributed by atoms with Crippen LogP contribution in [0.1, 0.15) is 86.1 Å². The molecule has 0 saturated heterocycles. The Hall–Kier alpha value is -3.01. The Balaban J connectivity index is 1.42. The summed E-state index contributed by atoms with van der Waals surface area (Å²) in [5.74, 6) is 0.0120. The fourth-order valence-electron chi connectivity index (χ4n) is 5.35. The first-order valence-electron chi connectivity index (χ1n) is 13.3. The summed E-state index contributed by atoms with van der Waals surface area (Å²) < 4.78 is 18.8. The quantitative estimate of drug-likeness (QED) is 0.411. The number of ether oxygens (including phenoxy) is 3. The molecule has 1 aromatic carbocycles. The average Bonchev–Trinajstić information content (AvgIpc) is 3.19. The third-order valence-corrected chi connectivity index (χ3v) is 7.99. The van der Waals surface area contributed by atoms with Gasteiger partial charge in [0.25, 0.3) is 17.3 Å². The Morgan fingerprint density at radius 3 is 2.36 bits per heavy atom. The lowest BCUT2D eigenvalue weighted by Crippen LogP contribution is -2.48. The van der Waals surface area contributed by atoms with Gasteiger partial charge in [-0.2, -0.15) is 0 Å². The molecule has 9 nitrogen and oxygen atoms in total. The largest absolute Gasteiger partial charge is 0.448 e. The van der Waals surface area contributed by atoms with Crippen LogP contribution in [-0.4, -0.2) is 34.4 Å². The summed E-state index contributed by atoms with van der Waals surface area (Å²) in [6, 6.07) is 3.65. The van der Waals surface area contributed by atoms with E-state index in [1.807, 2.05) is 54.5 Å². The Bertz CT molecular complexity index is 1340. The van der Waals surface area contributed by atoms with E-state index in [0.717, 1.165) is 36.9 Å². The van der Waals surface area contributed by atoms with Crippen molar-refractivity contribution in [1.82, 2.24) is 15.6 Å². The van der Waals surface area contributed by atoms with Crippen LogP contribution in [0.5, 0.6) is 11.5 Å². The van der Waals surface area contributed by atoms with Gasteiger partial charge in [0.1, 0.15) is 5.60 Å². The molecule has 3 N–H and O–H groups in total. The minimum Gasteiger partial charge on any atom is -0.448 e. The summed E-state index contributed by atoms with van der Waals surface area (Å²) >= 11 is 3.56. The van der Waals surface area contributed by atoms with Crippen molar-refractivity contribution in [2.24, 2.45) is 5.92 Å². The zero-order valence-electron chi connectivity index (χ0n) is 23.7. The first-order valence-corrected chi connectivity index (χ1v) is 14.1. The SMILES string of the molecule is Cc1cc(C)c(CNC(=O)c2cc(Br)c3c(c2C)OC(C)([C@H]2CC[C@H](NC(=O)OC(C)(C)C)CC2)O3)c(=O)[nH]1. The molecule has 1 fully saturated rings. The first-order chi connectivity index (χ1) is 18.2. The number of alkyl carbamates (subject to hydrolysis) is 1. The summed E-state index contributed by atoms with van der Waals surface area (Å²) in [5, 5.41) is 5.84. The van der Waals surface area contributed by atoms with Crippen LogP contribution < -0.4 is 25.7 Å². The molecule has 212 valence electrons. The van der Waals surface area contributed by atoms with Crippen LogP contribution in [0.3, 0.4) is 0 Å². The number of fused-ring (bicyclic) bond motifs is 1. The standard InChI is InChI=1S/C29H38BrN3O6/c1-15-12-16(2)32-26(35)21(15)14-31-25(34)20-13-22(30)24-23(17(20)3)37-29(7,38-24)18-8-10-19(11-9-18)33-27(36)39-28(4,5)6/h12-13,18-19H,8-11,14H2,1-7H3,(H,31,34)(H,32,35)(H,33,36)/t18-,19-,29?. The number of aromatic amines is 1. The van der Waals surface area contributed by atoms with Crippen LogP contribution in [0.15, 0.2) is 21.4 Å². The molecule has 2 amide bonds. The van der Waals surface area contributed by atoms with Gasteiger partial charge in [0, 0.05) is 47.8 Å². The number of carbonyl (C=O) groups is 2. The Morgan fingerprint density at radius 1 is 1.10 bits per heavy atom. The molecule has 1 aliphatic carbocycles. The zero-order chi connectivity index (χ0) is 28.7. The number of nitrogens with one attached hydrogen (secondary N) is 3. The molecule has 2 heterocycles. The second-order valence-electron chi connectivity index (χ2n) is 11.7. The minimum absolute atomic E-state index is 0.0386. The molecular weight excluding hydrogens is 566 g/mol. The van der Waals surface area contributed by atoms with Crippen LogP contribution in [-0.2, 0) is 11.3 Å². The summed E-state index contributed by atoms with van der Waals surface area (Å²) in [6.07, 6.45) is 2.78. The van der Waals surface area contributed by atoms with Crippen molar-refractivity contribution in [3.63, 3.8) is 0 Å². The minimum atomic E-state index is -0.895. The first kappa shape index (κ1) is 29.0. The van der Waals surface area contributed by atoms with E-state index in [4.69, 9.17) is 14.2 Å². The highest BCUT2D eigenvalue weighted by Crippen LogP contribution is 2.51. The maximum atomic E-state index is 13.2. The molecule has 39 heavy (non-hydrogen) atoms. The van der Waals surface area contributed by atoms with Crippen molar-refractivity contribution in [1.29, 1.82) is 0 Å². The smallest absolute Gasteiger partial charge is 0.407 e. The molecule has 1 unspecified atom stereocenters. The number of pyridine rings is 1. The van der Waals surface area contributed by atoms with Gasteiger partial charge >= 0.3 is 6.09 Å². The van der Waals surface area contributed by atoms with Gasteiger partial charge in [0.15, 0.2) is 11.5 Å². The Morgan fingerprint density at radius 2 is 1.74 bits per heavy atom. The third kappa shape index (κ3) is 6.42. The molecule has 2 aliphatic rings. The number of halogens is 1. The second-order valence-corrected chi connectivity index (χ2v) is 12.6. The molecule has 0 bridgehead atoms. The number of aromatic nitrogens is 1. The van der Waals surface area contributed by atoms with E-state index < -0.39 is 17.5 Å². The van der Waals surface area contributed by atoms with E-state index in [9.17, 15) is 14.4 Å². The van der Waals surface area contributed by atoms with E-state index in [1.165, 1.54) is 0 Å². The van der Waals surface area contributed by atoms with Gasteiger partial charge in [-0.25, -0.2) is 4.79 Å². The fraction of sp³-hybridized carbons (Fsp3) is 0.552. The van der Waals surface area contributed by atoms with Gasteiger partial charge in [-0.3, -0.25) is 9.59 Å². The normalized spacial score (nSPS) is 22.4. The predicted octanol–water partition coefficient (Wildman–Crippen LogP) is 5.56. The molecule has 1 aliphatic heterocycles. The molecular formula is C29H38BrN3O6. The number of rotatable bonds is 5. The predicted molar refractivity (Wildman–Crippen MR) is 151 cm³/mol. The second kappa shape index (κ2) is 10.9. The van der Waals surface area contributed by atoms with Gasteiger partial charge in [-0.1, -0.05) is 0 Å². The number of carbonyl (C=O) groups excluding carboxylic acids is 2. The van der Waals surface area contributed by atoms with Crippen molar-refractivity contribution < 1.29 is 23.8 Å². The third-order valence-electron chi connectivity index (χ3n) is 7.40. The highest BCUT2D eigenvalue weighted by atomic mass is 79.9. The van der Waals surface area contributed by atoms with E-state index in [0.29, 0.717) is 32.7 Å². The number of H-pyrrole nitrogens is 1. The van der Waals surface area contributed by atoms with Gasteiger partial charge in [-0.05, 0) is 101 Å². The van der Waals surface area contributed by atoms with Crippen molar-refractivity contribution in [3.05, 3.63) is 54.9 Å².